The second kappa shape index (κ2) is 7.94. The minimum Gasteiger partial charge on any atom is -0.481 e. The number of methoxy groups -OCH3 is 1. The molecule has 2 fully saturated rings. The van der Waals surface area contributed by atoms with Crippen LogP contribution in [-0.2, 0) is 16.1 Å². The summed E-state index contributed by atoms with van der Waals surface area (Å²) >= 11 is 0. The van der Waals surface area contributed by atoms with Crippen LogP contribution in [0.2, 0.25) is 0 Å². The maximum atomic E-state index is 11.5. The average Bonchev–Trinajstić information content (AvgIpc) is 3.05. The van der Waals surface area contributed by atoms with E-state index < -0.39 is 0 Å². The van der Waals surface area contributed by atoms with Crippen molar-refractivity contribution in [2.24, 2.45) is 17.6 Å². The second-order valence-corrected chi connectivity index (χ2v) is 6.87. The molecule has 0 saturated carbocycles. The van der Waals surface area contributed by atoms with Gasteiger partial charge < -0.3 is 15.2 Å². The molecule has 3 heterocycles. The second-order valence-electron chi connectivity index (χ2n) is 6.87. The van der Waals surface area contributed by atoms with Crippen LogP contribution >= 0.6 is 0 Å². The third kappa shape index (κ3) is 4.24. The number of nitrogens with zero attached hydrogens (tertiary/aromatic N) is 2. The van der Waals surface area contributed by atoms with Crippen molar-refractivity contribution in [2.45, 2.75) is 38.3 Å². The number of pyridine rings is 1. The first-order valence-electron chi connectivity index (χ1n) is 8.78. The van der Waals surface area contributed by atoms with Crippen LogP contribution in [0, 0.1) is 11.8 Å². The molecular weight excluding hydrogens is 306 g/mol. The van der Waals surface area contributed by atoms with E-state index in [0.717, 1.165) is 45.3 Å². The van der Waals surface area contributed by atoms with Gasteiger partial charge in [-0.05, 0) is 56.3 Å². The lowest BCUT2D eigenvalue weighted by molar-refractivity contribution is -0.123. The maximum absolute atomic E-state index is 11.5. The van der Waals surface area contributed by atoms with E-state index in [4.69, 9.17) is 15.2 Å². The van der Waals surface area contributed by atoms with Crippen LogP contribution in [-0.4, -0.2) is 48.7 Å². The molecule has 1 aromatic rings. The molecule has 6 nitrogen and oxygen atoms in total. The molecule has 0 aromatic carbocycles. The summed E-state index contributed by atoms with van der Waals surface area (Å²) in [6.07, 6.45) is 5.86. The average molecular weight is 333 g/mol. The summed E-state index contributed by atoms with van der Waals surface area (Å²) in [4.78, 5) is 18.1. The van der Waals surface area contributed by atoms with Gasteiger partial charge >= 0.3 is 0 Å². The van der Waals surface area contributed by atoms with Crippen molar-refractivity contribution in [3.63, 3.8) is 0 Å². The lowest BCUT2D eigenvalue weighted by atomic mass is 9.86. The molecule has 3 rings (SSSR count). The molecular formula is C18H27N3O3. The van der Waals surface area contributed by atoms with E-state index in [1.807, 2.05) is 12.1 Å². The number of hydrogen-bond donors (Lipinski definition) is 1. The Hall–Kier alpha value is -1.66. The van der Waals surface area contributed by atoms with Gasteiger partial charge in [0, 0.05) is 25.4 Å². The molecule has 2 atom stereocenters. The van der Waals surface area contributed by atoms with Crippen LogP contribution in [0.5, 0.6) is 5.88 Å². The van der Waals surface area contributed by atoms with E-state index in [-0.39, 0.29) is 17.9 Å². The monoisotopic (exact) mass is 333 g/mol. The van der Waals surface area contributed by atoms with Gasteiger partial charge in [0.05, 0.1) is 19.1 Å². The van der Waals surface area contributed by atoms with Gasteiger partial charge in [-0.3, -0.25) is 9.69 Å². The zero-order valence-corrected chi connectivity index (χ0v) is 14.3. The molecule has 6 heteroatoms. The normalized spacial score (nSPS) is 25.7. The number of aromatic nitrogens is 1. The number of rotatable bonds is 6. The molecule has 2 saturated heterocycles. The number of amides is 1. The molecule has 0 radical (unpaired) electrons. The number of carbonyl (C=O) groups excluding carboxylic acids is 1. The number of likely N-dealkylation sites (tertiary alicyclic amines) is 1. The van der Waals surface area contributed by atoms with Crippen molar-refractivity contribution in [1.82, 2.24) is 9.88 Å². The predicted molar refractivity (Wildman–Crippen MR) is 90.4 cm³/mol. The van der Waals surface area contributed by atoms with Crippen molar-refractivity contribution >= 4 is 5.91 Å². The number of hydrogen-bond acceptors (Lipinski definition) is 5. The quantitative estimate of drug-likeness (QED) is 0.855. The van der Waals surface area contributed by atoms with Crippen LogP contribution in [0.1, 0.15) is 31.2 Å². The van der Waals surface area contributed by atoms with Crippen LogP contribution in [0.15, 0.2) is 18.3 Å². The fraction of sp³-hybridized carbons (Fsp3) is 0.667. The van der Waals surface area contributed by atoms with Gasteiger partial charge in [-0.1, -0.05) is 0 Å². The summed E-state index contributed by atoms with van der Waals surface area (Å²) < 4.78 is 10.9. The van der Waals surface area contributed by atoms with Gasteiger partial charge in [0.1, 0.15) is 0 Å². The molecule has 2 aliphatic heterocycles. The highest BCUT2D eigenvalue weighted by molar-refractivity contribution is 5.77. The molecule has 2 N–H and O–H groups in total. The Morgan fingerprint density at radius 3 is 2.92 bits per heavy atom. The highest BCUT2D eigenvalue weighted by Gasteiger charge is 2.35. The first kappa shape index (κ1) is 17.2. The molecule has 24 heavy (non-hydrogen) atoms. The molecule has 1 aromatic heterocycles. The highest BCUT2D eigenvalue weighted by atomic mass is 16.5. The topological polar surface area (TPSA) is 77.7 Å². The molecule has 0 bridgehead atoms. The Bertz CT molecular complexity index is 558. The van der Waals surface area contributed by atoms with Gasteiger partial charge in [0.25, 0.3) is 0 Å². The van der Waals surface area contributed by atoms with Gasteiger partial charge in [0.2, 0.25) is 11.8 Å². The SMILES string of the molecule is COc1cc(CN2CCC(C[C@H]3OCC[C@H]3C(N)=O)CC2)ccn1. The summed E-state index contributed by atoms with van der Waals surface area (Å²) in [6, 6.07) is 4.04. The zero-order chi connectivity index (χ0) is 16.9. The maximum Gasteiger partial charge on any atom is 0.223 e. The van der Waals surface area contributed by atoms with Crippen LogP contribution in [0.3, 0.4) is 0 Å². The minimum absolute atomic E-state index is 0.0310. The Kier molecular flexibility index (Phi) is 5.68. The van der Waals surface area contributed by atoms with Crippen molar-refractivity contribution < 1.29 is 14.3 Å². The van der Waals surface area contributed by atoms with Crippen LogP contribution in [0.25, 0.3) is 0 Å². The van der Waals surface area contributed by atoms with E-state index >= 15 is 0 Å². The largest absolute Gasteiger partial charge is 0.481 e. The predicted octanol–water partition coefficient (Wildman–Crippen LogP) is 1.58. The summed E-state index contributed by atoms with van der Waals surface area (Å²) in [5.74, 6) is 0.991. The molecule has 0 aliphatic carbocycles. The first-order valence-corrected chi connectivity index (χ1v) is 8.78. The fourth-order valence-electron chi connectivity index (χ4n) is 3.83. The van der Waals surface area contributed by atoms with Gasteiger partial charge in [-0.2, -0.15) is 0 Å². The first-order chi connectivity index (χ1) is 11.7. The third-order valence-electron chi connectivity index (χ3n) is 5.26. The van der Waals surface area contributed by atoms with Gasteiger partial charge in [-0.25, -0.2) is 4.98 Å². The lowest BCUT2D eigenvalue weighted by Crippen LogP contribution is -2.36. The number of carbonyl (C=O) groups is 1. The minimum atomic E-state index is -0.207. The Morgan fingerprint density at radius 1 is 1.42 bits per heavy atom. The Morgan fingerprint density at radius 2 is 2.21 bits per heavy atom. The van der Waals surface area contributed by atoms with E-state index in [9.17, 15) is 4.79 Å². The van der Waals surface area contributed by atoms with Crippen molar-refractivity contribution in [3.05, 3.63) is 23.9 Å². The Labute approximate surface area is 143 Å². The number of nitrogens with two attached hydrogens (primary N) is 1. The van der Waals surface area contributed by atoms with Gasteiger partial charge in [-0.15, -0.1) is 0 Å². The summed E-state index contributed by atoms with van der Waals surface area (Å²) in [5.41, 5.74) is 6.71. The summed E-state index contributed by atoms with van der Waals surface area (Å²) in [5, 5.41) is 0. The van der Waals surface area contributed by atoms with Crippen LogP contribution < -0.4 is 10.5 Å². The van der Waals surface area contributed by atoms with Crippen molar-refractivity contribution in [3.8, 4) is 5.88 Å². The molecule has 132 valence electrons. The number of piperidine rings is 1. The fourth-order valence-corrected chi connectivity index (χ4v) is 3.83. The Balaban J connectivity index is 1.46. The van der Waals surface area contributed by atoms with Crippen LogP contribution in [0.4, 0.5) is 0 Å². The van der Waals surface area contributed by atoms with E-state index in [1.54, 1.807) is 13.3 Å². The summed E-state index contributed by atoms with van der Waals surface area (Å²) in [7, 11) is 1.64. The van der Waals surface area contributed by atoms with E-state index in [0.29, 0.717) is 18.4 Å². The van der Waals surface area contributed by atoms with Crippen molar-refractivity contribution in [2.75, 3.05) is 26.8 Å². The van der Waals surface area contributed by atoms with Gasteiger partial charge in [0.15, 0.2) is 0 Å². The van der Waals surface area contributed by atoms with E-state index in [1.165, 1.54) is 5.56 Å². The molecule has 2 aliphatic rings. The molecule has 0 unspecified atom stereocenters. The highest BCUT2D eigenvalue weighted by Crippen LogP contribution is 2.31. The third-order valence-corrected chi connectivity index (χ3v) is 5.26. The standard InChI is InChI=1S/C18H27N3O3/c1-23-17-11-14(2-6-20-17)12-21-7-3-13(4-8-21)10-16-15(18(19)22)5-9-24-16/h2,6,11,13,15-16H,3-5,7-10,12H2,1H3,(H2,19,22)/t15-,16-/m1/s1. The summed E-state index contributed by atoms with van der Waals surface area (Å²) in [6.45, 7) is 3.74. The molecule has 0 spiro atoms. The molecule has 1 amide bonds. The number of ether oxygens (including phenoxy) is 2. The van der Waals surface area contributed by atoms with Crippen molar-refractivity contribution in [1.29, 1.82) is 0 Å². The zero-order valence-electron chi connectivity index (χ0n) is 14.3. The lowest BCUT2D eigenvalue weighted by Gasteiger charge is -2.33. The van der Waals surface area contributed by atoms with E-state index in [2.05, 4.69) is 9.88 Å². The number of primary amides is 1. The smallest absolute Gasteiger partial charge is 0.223 e.